The van der Waals surface area contributed by atoms with Crippen LogP contribution in [-0.2, 0) is 0 Å². The Hall–Kier alpha value is -1.11. The summed E-state index contributed by atoms with van der Waals surface area (Å²) in [5.74, 6) is 0.209. The molecule has 0 fully saturated rings. The molecule has 0 radical (unpaired) electrons. The van der Waals surface area contributed by atoms with E-state index in [1.54, 1.807) is 0 Å². The van der Waals surface area contributed by atoms with E-state index in [9.17, 15) is 4.79 Å². The SMILES string of the molecule is CCC.CCC.CCC(=O)c1ccccc1.CCCC. The third-order valence-corrected chi connectivity index (χ3v) is 1.92. The zero-order valence-electron chi connectivity index (χ0n) is 14.8. The molecule has 0 unspecified atom stereocenters. The van der Waals surface area contributed by atoms with Crippen LogP contribution < -0.4 is 0 Å². The van der Waals surface area contributed by atoms with Crippen LogP contribution in [0.1, 0.15) is 90.9 Å². The molecule has 0 aromatic heterocycles. The van der Waals surface area contributed by atoms with Gasteiger partial charge in [-0.05, 0) is 0 Å². The van der Waals surface area contributed by atoms with Gasteiger partial charge in [-0.25, -0.2) is 0 Å². The first-order chi connectivity index (χ1) is 9.59. The van der Waals surface area contributed by atoms with Gasteiger partial charge in [0.05, 0.1) is 0 Å². The molecular formula is C19H36O. The molecule has 0 amide bonds. The predicted molar refractivity (Wildman–Crippen MR) is 93.6 cm³/mol. The molecular weight excluding hydrogens is 244 g/mol. The van der Waals surface area contributed by atoms with E-state index in [2.05, 4.69) is 41.5 Å². The maximum atomic E-state index is 11.0. The van der Waals surface area contributed by atoms with Gasteiger partial charge < -0.3 is 0 Å². The molecule has 20 heavy (non-hydrogen) atoms. The minimum Gasteiger partial charge on any atom is -0.294 e. The Bertz CT molecular complexity index is 260. The summed E-state index contributed by atoms with van der Waals surface area (Å²) in [6, 6.07) is 9.34. The van der Waals surface area contributed by atoms with Crippen LogP contribution in [-0.4, -0.2) is 5.78 Å². The molecule has 0 saturated heterocycles. The van der Waals surface area contributed by atoms with Crippen molar-refractivity contribution in [1.82, 2.24) is 0 Å². The van der Waals surface area contributed by atoms with E-state index in [1.165, 1.54) is 25.7 Å². The lowest BCUT2D eigenvalue weighted by atomic mass is 10.1. The van der Waals surface area contributed by atoms with Crippen LogP contribution in [0.3, 0.4) is 0 Å². The molecule has 0 atom stereocenters. The molecule has 1 nitrogen and oxygen atoms in total. The molecule has 0 N–H and O–H groups in total. The zero-order valence-corrected chi connectivity index (χ0v) is 14.8. The summed E-state index contributed by atoms with van der Waals surface area (Å²) < 4.78 is 0. The van der Waals surface area contributed by atoms with Gasteiger partial charge in [0, 0.05) is 12.0 Å². The highest BCUT2D eigenvalue weighted by Crippen LogP contribution is 2.01. The summed E-state index contributed by atoms with van der Waals surface area (Å²) in [5.41, 5.74) is 0.810. The van der Waals surface area contributed by atoms with Crippen LogP contribution >= 0.6 is 0 Å². The van der Waals surface area contributed by atoms with Gasteiger partial charge >= 0.3 is 0 Å². The number of carbonyl (C=O) groups is 1. The van der Waals surface area contributed by atoms with Crippen molar-refractivity contribution < 1.29 is 4.79 Å². The smallest absolute Gasteiger partial charge is 0.162 e. The van der Waals surface area contributed by atoms with Crippen molar-refractivity contribution in [3.8, 4) is 0 Å². The number of ketones is 1. The third kappa shape index (κ3) is 22.1. The predicted octanol–water partition coefficient (Wildman–Crippen LogP) is 6.92. The summed E-state index contributed by atoms with van der Waals surface area (Å²) in [4.78, 5) is 11.0. The van der Waals surface area contributed by atoms with Crippen molar-refractivity contribution in [1.29, 1.82) is 0 Å². The lowest BCUT2D eigenvalue weighted by Crippen LogP contribution is -1.94. The molecule has 0 heterocycles. The van der Waals surface area contributed by atoms with Crippen molar-refractivity contribution in [2.45, 2.75) is 80.6 Å². The first kappa shape index (κ1) is 23.9. The number of Topliss-reactive ketones (excluding diaryl/α,β-unsaturated/α-hetero) is 1. The fourth-order valence-corrected chi connectivity index (χ4v) is 0.828. The van der Waals surface area contributed by atoms with Crippen molar-refractivity contribution in [2.24, 2.45) is 0 Å². The molecule has 1 aromatic carbocycles. The monoisotopic (exact) mass is 280 g/mol. The zero-order chi connectivity index (χ0) is 16.2. The second-order valence-corrected chi connectivity index (χ2v) is 4.56. The van der Waals surface area contributed by atoms with E-state index in [4.69, 9.17) is 0 Å². The average Bonchev–Trinajstić information content (AvgIpc) is 2.49. The van der Waals surface area contributed by atoms with E-state index in [-0.39, 0.29) is 5.78 Å². The van der Waals surface area contributed by atoms with Crippen LogP contribution in [0.5, 0.6) is 0 Å². The van der Waals surface area contributed by atoms with Crippen molar-refractivity contribution >= 4 is 5.78 Å². The summed E-state index contributed by atoms with van der Waals surface area (Å²) in [6.07, 6.45) is 5.73. The first-order valence-electron chi connectivity index (χ1n) is 8.17. The fraction of sp³-hybridized carbons (Fsp3) is 0.632. The largest absolute Gasteiger partial charge is 0.294 e. The first-order valence-corrected chi connectivity index (χ1v) is 8.17. The molecule has 0 spiro atoms. The van der Waals surface area contributed by atoms with Gasteiger partial charge in [0.1, 0.15) is 0 Å². The van der Waals surface area contributed by atoms with Gasteiger partial charge in [0.25, 0.3) is 0 Å². The summed E-state index contributed by atoms with van der Waals surface area (Å²) in [7, 11) is 0. The molecule has 0 saturated carbocycles. The van der Waals surface area contributed by atoms with E-state index in [0.29, 0.717) is 6.42 Å². The number of hydrogen-bond donors (Lipinski definition) is 0. The Balaban J connectivity index is -0.000000242. The molecule has 0 bridgehead atoms. The molecule has 1 rings (SSSR count). The van der Waals surface area contributed by atoms with Crippen LogP contribution in [0.2, 0.25) is 0 Å². The third-order valence-electron chi connectivity index (χ3n) is 1.92. The maximum absolute atomic E-state index is 11.0. The van der Waals surface area contributed by atoms with Crippen LogP contribution in [0.4, 0.5) is 0 Å². The van der Waals surface area contributed by atoms with Crippen molar-refractivity contribution in [2.75, 3.05) is 0 Å². The number of carbonyl (C=O) groups excluding carboxylic acids is 1. The van der Waals surface area contributed by atoms with E-state index in [1.807, 2.05) is 37.3 Å². The topological polar surface area (TPSA) is 17.1 Å². The number of unbranched alkanes of at least 4 members (excludes halogenated alkanes) is 1. The molecule has 0 aliphatic carbocycles. The van der Waals surface area contributed by atoms with Crippen molar-refractivity contribution in [3.05, 3.63) is 35.9 Å². The van der Waals surface area contributed by atoms with E-state index < -0.39 is 0 Å². The van der Waals surface area contributed by atoms with Gasteiger partial charge in [0.15, 0.2) is 5.78 Å². The molecule has 118 valence electrons. The standard InChI is InChI=1S/C9H10O.C4H10.2C3H8/c1-2-9(10)8-6-4-3-5-7-8;1-3-4-2;2*1-3-2/h3-7H,2H2,1H3;3-4H2,1-2H3;2*3H2,1-2H3. The number of hydrogen-bond acceptors (Lipinski definition) is 1. The number of rotatable bonds is 3. The van der Waals surface area contributed by atoms with Gasteiger partial charge in [-0.3, -0.25) is 4.79 Å². The summed E-state index contributed by atoms with van der Waals surface area (Å²) >= 11 is 0. The maximum Gasteiger partial charge on any atom is 0.162 e. The Morgan fingerprint density at radius 1 is 0.750 bits per heavy atom. The van der Waals surface area contributed by atoms with Gasteiger partial charge in [0.2, 0.25) is 0 Å². The Kier molecular flexibility index (Phi) is 27.6. The second-order valence-electron chi connectivity index (χ2n) is 4.56. The fourth-order valence-electron chi connectivity index (χ4n) is 0.828. The van der Waals surface area contributed by atoms with Gasteiger partial charge in [-0.1, -0.05) is 104 Å². The molecule has 1 aromatic rings. The summed E-state index contributed by atoms with van der Waals surface area (Å²) in [6.45, 7) is 14.7. The highest BCUT2D eigenvalue weighted by Gasteiger charge is 1.98. The minimum absolute atomic E-state index is 0.209. The van der Waals surface area contributed by atoms with Crippen LogP contribution in [0.25, 0.3) is 0 Å². The van der Waals surface area contributed by atoms with Gasteiger partial charge in [-0.15, -0.1) is 0 Å². The van der Waals surface area contributed by atoms with E-state index >= 15 is 0 Å². The van der Waals surface area contributed by atoms with E-state index in [0.717, 1.165) is 5.56 Å². The Labute approximate surface area is 127 Å². The van der Waals surface area contributed by atoms with Crippen molar-refractivity contribution in [3.63, 3.8) is 0 Å². The number of benzene rings is 1. The van der Waals surface area contributed by atoms with Crippen LogP contribution in [0, 0.1) is 0 Å². The lowest BCUT2D eigenvalue weighted by Gasteiger charge is -1.93. The quantitative estimate of drug-likeness (QED) is 0.549. The molecule has 1 heteroatoms. The average molecular weight is 280 g/mol. The Morgan fingerprint density at radius 2 is 1.10 bits per heavy atom. The highest BCUT2D eigenvalue weighted by atomic mass is 16.1. The van der Waals surface area contributed by atoms with Crippen LogP contribution in [0.15, 0.2) is 30.3 Å². The normalized spacial score (nSPS) is 7.95. The Morgan fingerprint density at radius 3 is 1.35 bits per heavy atom. The summed E-state index contributed by atoms with van der Waals surface area (Å²) in [5, 5.41) is 0. The second kappa shape index (κ2) is 23.0. The molecule has 0 aliphatic heterocycles. The van der Waals surface area contributed by atoms with Gasteiger partial charge in [-0.2, -0.15) is 0 Å². The lowest BCUT2D eigenvalue weighted by molar-refractivity contribution is 0.0988. The highest BCUT2D eigenvalue weighted by molar-refractivity contribution is 5.95. The minimum atomic E-state index is 0.209. The molecule has 0 aliphatic rings.